The number of nitrogens with one attached hydrogen (secondary N) is 4. The van der Waals surface area contributed by atoms with Gasteiger partial charge in [0.2, 0.25) is 17.8 Å². The zero-order valence-electron chi connectivity index (χ0n) is 23.1. The van der Waals surface area contributed by atoms with Crippen molar-refractivity contribution in [3.8, 4) is 0 Å². The van der Waals surface area contributed by atoms with Gasteiger partial charge in [-0.15, -0.1) is 0 Å². The molecule has 1 amide bonds. The molecule has 10 nitrogen and oxygen atoms in total. The predicted octanol–water partition coefficient (Wildman–Crippen LogP) is 4.80. The van der Waals surface area contributed by atoms with E-state index in [1.165, 1.54) is 18.2 Å². The summed E-state index contributed by atoms with van der Waals surface area (Å²) in [4.78, 5) is 26.9. The minimum absolute atomic E-state index is 0. The van der Waals surface area contributed by atoms with Crippen molar-refractivity contribution in [2.24, 2.45) is 5.92 Å². The van der Waals surface area contributed by atoms with Gasteiger partial charge in [0.15, 0.2) is 5.65 Å². The van der Waals surface area contributed by atoms with Crippen LogP contribution >= 0.6 is 0 Å². The van der Waals surface area contributed by atoms with E-state index in [0.717, 1.165) is 51.6 Å². The Labute approximate surface area is 245 Å². The number of nitrogens with zero attached hydrogens (tertiary/aromatic N) is 4. The second-order valence-electron chi connectivity index (χ2n) is 11.6. The molecule has 2 saturated carbocycles. The lowest BCUT2D eigenvalue weighted by Crippen LogP contribution is -2.45. The number of rotatable bonds is 7. The van der Waals surface area contributed by atoms with E-state index < -0.39 is 11.6 Å². The number of piperidine rings is 1. The lowest BCUT2D eigenvalue weighted by Gasteiger charge is -2.31. The largest absolute Gasteiger partial charge is 0.393 e. The molecule has 0 radical (unpaired) electrons. The van der Waals surface area contributed by atoms with Crippen LogP contribution in [0.3, 0.4) is 0 Å². The Morgan fingerprint density at radius 3 is 2.31 bits per heavy atom. The van der Waals surface area contributed by atoms with Crippen LogP contribution < -0.4 is 21.3 Å². The van der Waals surface area contributed by atoms with Gasteiger partial charge in [-0.05, 0) is 89.4 Å². The highest BCUT2D eigenvalue weighted by molar-refractivity contribution is 5.79. The zero-order valence-corrected chi connectivity index (χ0v) is 23.1. The fourth-order valence-corrected chi connectivity index (χ4v) is 6.41. The van der Waals surface area contributed by atoms with Crippen molar-refractivity contribution in [2.75, 3.05) is 23.7 Å². The van der Waals surface area contributed by atoms with Crippen LogP contribution in [0.25, 0.3) is 11.2 Å². The first kappa shape index (κ1) is 30.1. The number of imidazole rings is 1. The maximum atomic E-state index is 14.6. The summed E-state index contributed by atoms with van der Waals surface area (Å²) >= 11 is 0. The van der Waals surface area contributed by atoms with Crippen LogP contribution in [0, 0.1) is 17.6 Å². The summed E-state index contributed by atoms with van der Waals surface area (Å²) in [5, 5.41) is 22.7. The lowest BCUT2D eigenvalue weighted by atomic mass is 9.85. The van der Waals surface area contributed by atoms with Gasteiger partial charge in [-0.3, -0.25) is 9.36 Å². The van der Waals surface area contributed by atoms with Crippen LogP contribution in [-0.2, 0) is 4.79 Å². The van der Waals surface area contributed by atoms with Crippen LogP contribution in [0.5, 0.6) is 0 Å². The molecule has 0 bridgehead atoms. The summed E-state index contributed by atoms with van der Waals surface area (Å²) in [6.45, 7) is 1.84. The molecule has 0 atom stereocenters. The van der Waals surface area contributed by atoms with E-state index in [1.807, 2.05) is 4.57 Å². The van der Waals surface area contributed by atoms with Crippen molar-refractivity contribution in [3.05, 3.63) is 36.0 Å². The van der Waals surface area contributed by atoms with Crippen molar-refractivity contribution in [1.82, 2.24) is 30.2 Å². The molecule has 12 heteroatoms. The summed E-state index contributed by atoms with van der Waals surface area (Å²) in [5.74, 6) is -0.629. The van der Waals surface area contributed by atoms with Crippen LogP contribution in [0.4, 0.5) is 26.4 Å². The molecule has 1 saturated heterocycles. The van der Waals surface area contributed by atoms with Crippen LogP contribution in [0.1, 0.15) is 77.7 Å². The SMILES string of the molecule is C.O=C(NC1CCNCC1)C1CCC(n2c(Nc3c(F)cccc3F)nc3cnc(NC4CCC(O)CC4)nc32)CC1. The zero-order chi connectivity index (χ0) is 28.3. The highest BCUT2D eigenvalue weighted by Crippen LogP contribution is 2.38. The number of benzene rings is 1. The van der Waals surface area contributed by atoms with Crippen LogP contribution in [-0.4, -0.2) is 61.8 Å². The Bertz CT molecular complexity index is 1340. The van der Waals surface area contributed by atoms with Crippen molar-refractivity contribution >= 4 is 34.7 Å². The van der Waals surface area contributed by atoms with E-state index in [-0.39, 0.29) is 49.2 Å². The molecule has 3 fully saturated rings. The maximum absolute atomic E-state index is 14.6. The number of carbonyl (C=O) groups is 1. The Morgan fingerprint density at radius 2 is 1.62 bits per heavy atom. The first-order chi connectivity index (χ1) is 19.9. The van der Waals surface area contributed by atoms with Crippen molar-refractivity contribution in [1.29, 1.82) is 0 Å². The van der Waals surface area contributed by atoms with Gasteiger partial charge in [0, 0.05) is 24.0 Å². The standard InChI is InChI=1S/C29H38F2N8O2.CH4/c30-22-2-1-3-23(31)25(22)37-29-36-24-16-33-28(35-18-6-10-21(40)11-7-18)38-26(24)39(29)20-8-4-17(5-9-20)27(41)34-19-12-14-32-15-13-19;/h1-3,16-21,32,40H,4-15H2,(H,34,41)(H,36,37)(H,33,35,38);1H4. The third kappa shape index (κ3) is 6.64. The Balaban J connectivity index is 0.00000353. The van der Waals surface area contributed by atoms with E-state index in [0.29, 0.717) is 48.7 Å². The van der Waals surface area contributed by atoms with E-state index in [9.17, 15) is 18.7 Å². The summed E-state index contributed by atoms with van der Waals surface area (Å²) < 4.78 is 31.1. The van der Waals surface area contributed by atoms with E-state index in [2.05, 4.69) is 31.2 Å². The number of hydrogen-bond donors (Lipinski definition) is 5. The van der Waals surface area contributed by atoms with Gasteiger partial charge < -0.3 is 26.4 Å². The normalized spacial score (nSPS) is 25.0. The highest BCUT2D eigenvalue weighted by Gasteiger charge is 2.31. The molecule has 2 aliphatic carbocycles. The molecule has 0 spiro atoms. The molecule has 6 rings (SSSR count). The van der Waals surface area contributed by atoms with Crippen LogP contribution in [0.15, 0.2) is 24.4 Å². The monoisotopic (exact) mass is 584 g/mol. The first-order valence-electron chi connectivity index (χ1n) is 14.9. The summed E-state index contributed by atoms with van der Waals surface area (Å²) in [6, 6.07) is 4.05. The average molecular weight is 585 g/mol. The highest BCUT2D eigenvalue weighted by atomic mass is 19.1. The Kier molecular flexibility index (Phi) is 9.52. The van der Waals surface area contributed by atoms with Gasteiger partial charge in [0.1, 0.15) is 22.8 Å². The fraction of sp³-hybridized carbons (Fsp3) is 0.600. The number of carbonyl (C=O) groups excluding carboxylic acids is 1. The second kappa shape index (κ2) is 13.3. The number of aromatic nitrogens is 4. The van der Waals surface area contributed by atoms with Gasteiger partial charge in [-0.1, -0.05) is 13.5 Å². The predicted molar refractivity (Wildman–Crippen MR) is 159 cm³/mol. The lowest BCUT2D eigenvalue weighted by molar-refractivity contribution is -0.127. The second-order valence-corrected chi connectivity index (χ2v) is 11.6. The summed E-state index contributed by atoms with van der Waals surface area (Å²) in [7, 11) is 0. The van der Waals surface area contributed by atoms with E-state index in [4.69, 9.17) is 4.98 Å². The van der Waals surface area contributed by atoms with Gasteiger partial charge in [0.05, 0.1) is 12.3 Å². The number of halogens is 2. The van der Waals surface area contributed by atoms with Crippen molar-refractivity contribution < 1.29 is 18.7 Å². The maximum Gasteiger partial charge on any atom is 0.224 e. The fourth-order valence-electron chi connectivity index (χ4n) is 6.41. The Morgan fingerprint density at radius 1 is 0.929 bits per heavy atom. The third-order valence-corrected chi connectivity index (χ3v) is 8.78. The molecule has 3 heterocycles. The smallest absolute Gasteiger partial charge is 0.224 e. The van der Waals surface area contributed by atoms with Gasteiger partial charge in [0.25, 0.3) is 0 Å². The molecular formula is C30H42F2N8O2. The summed E-state index contributed by atoms with van der Waals surface area (Å²) in [5.41, 5.74) is 0.811. The number of aliphatic hydroxyl groups excluding tert-OH is 1. The van der Waals surface area contributed by atoms with Crippen molar-refractivity contribution in [2.45, 2.75) is 95.9 Å². The van der Waals surface area contributed by atoms with E-state index >= 15 is 0 Å². The minimum Gasteiger partial charge on any atom is -0.393 e. The third-order valence-electron chi connectivity index (χ3n) is 8.78. The molecular weight excluding hydrogens is 542 g/mol. The number of amides is 1. The molecule has 3 aliphatic rings. The number of anilines is 3. The van der Waals surface area contributed by atoms with Gasteiger partial charge in [-0.25, -0.2) is 18.7 Å². The molecule has 1 aliphatic heterocycles. The minimum atomic E-state index is -0.713. The number of hydrogen-bond acceptors (Lipinski definition) is 8. The van der Waals surface area contributed by atoms with Gasteiger partial charge >= 0.3 is 0 Å². The van der Waals surface area contributed by atoms with Crippen molar-refractivity contribution in [3.63, 3.8) is 0 Å². The number of para-hydroxylation sites is 1. The number of aliphatic hydroxyl groups is 1. The molecule has 228 valence electrons. The molecule has 5 N–H and O–H groups in total. The first-order valence-corrected chi connectivity index (χ1v) is 14.9. The van der Waals surface area contributed by atoms with Gasteiger partial charge in [-0.2, -0.15) is 4.98 Å². The molecule has 42 heavy (non-hydrogen) atoms. The average Bonchev–Trinajstić information content (AvgIpc) is 3.34. The molecule has 1 aromatic carbocycles. The number of fused-ring (bicyclic) bond motifs is 1. The topological polar surface area (TPSA) is 129 Å². The molecule has 0 unspecified atom stereocenters. The quantitative estimate of drug-likeness (QED) is 0.268. The Hall–Kier alpha value is -3.38. The molecule has 2 aromatic heterocycles. The summed E-state index contributed by atoms with van der Waals surface area (Å²) in [6.07, 6.45) is 9.18. The molecule has 3 aromatic rings. The van der Waals surface area contributed by atoms with E-state index in [1.54, 1.807) is 6.20 Å². The van der Waals surface area contributed by atoms with Crippen LogP contribution in [0.2, 0.25) is 0 Å².